The molecule has 2 aromatic carbocycles. The SMILES string of the molecule is CCCOc1ccc(C(=O)N[C@@H](C)c2ccc(Cl)cc2)cc1. The topological polar surface area (TPSA) is 38.3 Å². The van der Waals surface area contributed by atoms with Crippen LogP contribution < -0.4 is 10.1 Å². The van der Waals surface area contributed by atoms with E-state index in [9.17, 15) is 4.79 Å². The third-order valence-corrected chi connectivity index (χ3v) is 3.56. The number of carbonyl (C=O) groups is 1. The summed E-state index contributed by atoms with van der Waals surface area (Å²) in [5, 5.41) is 3.66. The largest absolute Gasteiger partial charge is 0.494 e. The minimum atomic E-state index is -0.107. The van der Waals surface area contributed by atoms with Gasteiger partial charge in [0.2, 0.25) is 0 Å². The molecule has 116 valence electrons. The van der Waals surface area contributed by atoms with Crippen molar-refractivity contribution in [3.63, 3.8) is 0 Å². The number of hydrogen-bond acceptors (Lipinski definition) is 2. The van der Waals surface area contributed by atoms with E-state index < -0.39 is 0 Å². The van der Waals surface area contributed by atoms with Crippen LogP contribution in [0.2, 0.25) is 5.02 Å². The number of halogens is 1. The lowest BCUT2D eigenvalue weighted by Gasteiger charge is -2.14. The summed E-state index contributed by atoms with van der Waals surface area (Å²) in [6.45, 7) is 4.68. The monoisotopic (exact) mass is 317 g/mol. The molecule has 3 nitrogen and oxygen atoms in total. The van der Waals surface area contributed by atoms with Gasteiger partial charge in [0.05, 0.1) is 12.6 Å². The van der Waals surface area contributed by atoms with Crippen LogP contribution in [0.15, 0.2) is 48.5 Å². The van der Waals surface area contributed by atoms with E-state index in [4.69, 9.17) is 16.3 Å². The van der Waals surface area contributed by atoms with Crippen molar-refractivity contribution in [1.82, 2.24) is 5.32 Å². The third-order valence-electron chi connectivity index (χ3n) is 3.31. The lowest BCUT2D eigenvalue weighted by atomic mass is 10.1. The van der Waals surface area contributed by atoms with Crippen molar-refractivity contribution in [2.45, 2.75) is 26.3 Å². The van der Waals surface area contributed by atoms with Gasteiger partial charge < -0.3 is 10.1 Å². The fourth-order valence-corrected chi connectivity index (χ4v) is 2.16. The maximum Gasteiger partial charge on any atom is 0.251 e. The lowest BCUT2D eigenvalue weighted by Crippen LogP contribution is -2.26. The molecule has 1 atom stereocenters. The van der Waals surface area contributed by atoms with Gasteiger partial charge in [-0.2, -0.15) is 0 Å². The summed E-state index contributed by atoms with van der Waals surface area (Å²) in [5.41, 5.74) is 1.63. The number of rotatable bonds is 6. The summed E-state index contributed by atoms with van der Waals surface area (Å²) in [6, 6.07) is 14.6. The Labute approximate surface area is 136 Å². The highest BCUT2D eigenvalue weighted by Crippen LogP contribution is 2.17. The van der Waals surface area contributed by atoms with Gasteiger partial charge in [-0.3, -0.25) is 4.79 Å². The van der Waals surface area contributed by atoms with Crippen molar-refractivity contribution in [3.8, 4) is 5.75 Å². The molecule has 0 fully saturated rings. The number of nitrogens with one attached hydrogen (secondary N) is 1. The molecule has 0 aromatic heterocycles. The molecule has 0 radical (unpaired) electrons. The maximum atomic E-state index is 12.2. The fraction of sp³-hybridized carbons (Fsp3) is 0.278. The van der Waals surface area contributed by atoms with Crippen LogP contribution in [0.3, 0.4) is 0 Å². The van der Waals surface area contributed by atoms with Gasteiger partial charge in [0.25, 0.3) is 5.91 Å². The standard InChI is InChI=1S/C18H20ClNO2/c1-3-12-22-17-10-6-15(7-11-17)18(21)20-13(2)14-4-8-16(19)9-5-14/h4-11,13H,3,12H2,1-2H3,(H,20,21)/t13-/m0/s1. The van der Waals surface area contributed by atoms with Gasteiger partial charge in [-0.05, 0) is 55.3 Å². The van der Waals surface area contributed by atoms with Crippen LogP contribution in [0, 0.1) is 0 Å². The predicted molar refractivity (Wildman–Crippen MR) is 89.6 cm³/mol. The second kappa shape index (κ2) is 7.85. The van der Waals surface area contributed by atoms with Crippen molar-refractivity contribution in [2.24, 2.45) is 0 Å². The molecule has 0 spiro atoms. The smallest absolute Gasteiger partial charge is 0.251 e. The second-order valence-electron chi connectivity index (χ2n) is 5.12. The Morgan fingerprint density at radius 2 is 1.77 bits per heavy atom. The highest BCUT2D eigenvalue weighted by atomic mass is 35.5. The molecule has 0 unspecified atom stereocenters. The third kappa shape index (κ3) is 4.50. The van der Waals surface area contributed by atoms with E-state index in [1.54, 1.807) is 12.1 Å². The molecule has 2 aromatic rings. The van der Waals surface area contributed by atoms with E-state index in [0.717, 1.165) is 17.7 Å². The zero-order chi connectivity index (χ0) is 15.9. The molecule has 0 aliphatic carbocycles. The number of benzene rings is 2. The molecule has 4 heteroatoms. The van der Waals surface area contributed by atoms with E-state index in [2.05, 4.69) is 12.2 Å². The van der Waals surface area contributed by atoms with Crippen molar-refractivity contribution < 1.29 is 9.53 Å². The van der Waals surface area contributed by atoms with Gasteiger partial charge in [-0.15, -0.1) is 0 Å². The summed E-state index contributed by atoms with van der Waals surface area (Å²) < 4.78 is 5.51. The molecule has 0 heterocycles. The molecule has 0 saturated carbocycles. The molecular weight excluding hydrogens is 298 g/mol. The number of ether oxygens (including phenoxy) is 1. The van der Waals surface area contributed by atoms with Crippen LogP contribution in [-0.4, -0.2) is 12.5 Å². The Kier molecular flexibility index (Phi) is 5.84. The molecule has 0 saturated heterocycles. The van der Waals surface area contributed by atoms with Gasteiger partial charge in [0.1, 0.15) is 5.75 Å². The average molecular weight is 318 g/mol. The first-order valence-electron chi connectivity index (χ1n) is 7.39. The quantitative estimate of drug-likeness (QED) is 0.844. The number of carbonyl (C=O) groups excluding carboxylic acids is 1. The zero-order valence-corrected chi connectivity index (χ0v) is 13.6. The van der Waals surface area contributed by atoms with Crippen molar-refractivity contribution in [2.75, 3.05) is 6.61 Å². The van der Waals surface area contributed by atoms with E-state index in [-0.39, 0.29) is 11.9 Å². The number of amides is 1. The van der Waals surface area contributed by atoms with Gasteiger partial charge in [-0.1, -0.05) is 30.7 Å². The van der Waals surface area contributed by atoms with Gasteiger partial charge in [0, 0.05) is 10.6 Å². The van der Waals surface area contributed by atoms with E-state index in [1.807, 2.05) is 43.3 Å². The molecule has 1 N–H and O–H groups in total. The number of hydrogen-bond donors (Lipinski definition) is 1. The van der Waals surface area contributed by atoms with Gasteiger partial charge >= 0.3 is 0 Å². The maximum absolute atomic E-state index is 12.2. The predicted octanol–water partition coefficient (Wildman–Crippen LogP) is 4.62. The summed E-state index contributed by atoms with van der Waals surface area (Å²) in [6.07, 6.45) is 0.959. The van der Waals surface area contributed by atoms with Crippen LogP contribution in [0.1, 0.15) is 42.2 Å². The highest BCUT2D eigenvalue weighted by molar-refractivity contribution is 6.30. The van der Waals surface area contributed by atoms with Crippen LogP contribution in [-0.2, 0) is 0 Å². The van der Waals surface area contributed by atoms with Crippen LogP contribution >= 0.6 is 11.6 Å². The lowest BCUT2D eigenvalue weighted by molar-refractivity contribution is 0.0940. The van der Waals surface area contributed by atoms with Crippen LogP contribution in [0.4, 0.5) is 0 Å². The molecule has 22 heavy (non-hydrogen) atoms. The molecule has 0 bridgehead atoms. The van der Waals surface area contributed by atoms with Gasteiger partial charge in [-0.25, -0.2) is 0 Å². The molecule has 2 rings (SSSR count). The Hall–Kier alpha value is -2.00. The van der Waals surface area contributed by atoms with Crippen molar-refractivity contribution in [3.05, 3.63) is 64.7 Å². The van der Waals surface area contributed by atoms with E-state index >= 15 is 0 Å². The Morgan fingerprint density at radius 1 is 1.14 bits per heavy atom. The molecule has 0 aliphatic rings. The molecular formula is C18H20ClNO2. The summed E-state index contributed by atoms with van der Waals surface area (Å²) in [7, 11) is 0. The normalized spacial score (nSPS) is 11.8. The second-order valence-corrected chi connectivity index (χ2v) is 5.56. The van der Waals surface area contributed by atoms with E-state index in [1.165, 1.54) is 0 Å². The minimum absolute atomic E-state index is 0.0826. The first kappa shape index (κ1) is 16.4. The van der Waals surface area contributed by atoms with Crippen molar-refractivity contribution >= 4 is 17.5 Å². The Balaban J connectivity index is 1.97. The first-order valence-corrected chi connectivity index (χ1v) is 7.77. The molecule has 1 amide bonds. The van der Waals surface area contributed by atoms with Crippen LogP contribution in [0.25, 0.3) is 0 Å². The zero-order valence-electron chi connectivity index (χ0n) is 12.8. The summed E-state index contributed by atoms with van der Waals surface area (Å²) >= 11 is 5.87. The summed E-state index contributed by atoms with van der Waals surface area (Å²) in [4.78, 5) is 12.2. The average Bonchev–Trinajstić information content (AvgIpc) is 2.54. The van der Waals surface area contributed by atoms with Gasteiger partial charge in [0.15, 0.2) is 0 Å². The Bertz CT molecular complexity index is 608. The minimum Gasteiger partial charge on any atom is -0.494 e. The Morgan fingerprint density at radius 3 is 2.36 bits per heavy atom. The van der Waals surface area contributed by atoms with Crippen molar-refractivity contribution in [1.29, 1.82) is 0 Å². The summed E-state index contributed by atoms with van der Waals surface area (Å²) in [5.74, 6) is 0.675. The fourth-order valence-electron chi connectivity index (χ4n) is 2.04. The highest BCUT2D eigenvalue weighted by Gasteiger charge is 2.11. The molecule has 0 aliphatic heterocycles. The first-order chi connectivity index (χ1) is 10.6. The van der Waals surface area contributed by atoms with Crippen LogP contribution in [0.5, 0.6) is 5.75 Å². The van der Waals surface area contributed by atoms with E-state index in [0.29, 0.717) is 17.2 Å².